The molecular formula is C24H30N6O4. The summed E-state index contributed by atoms with van der Waals surface area (Å²) in [5.41, 5.74) is 0. The van der Waals surface area contributed by atoms with E-state index >= 15 is 0 Å². The molecule has 10 heteroatoms. The van der Waals surface area contributed by atoms with Crippen LogP contribution in [0.25, 0.3) is 11.6 Å². The Morgan fingerprint density at radius 2 is 1.91 bits per heavy atom. The summed E-state index contributed by atoms with van der Waals surface area (Å²) in [7, 11) is 0. The van der Waals surface area contributed by atoms with Crippen LogP contribution in [0.3, 0.4) is 0 Å². The highest BCUT2D eigenvalue weighted by molar-refractivity contribution is 5.88. The standard InChI is InChI=1S/C24H30N6O4/c1-16-12-13-20(34-16)23-26-28-29(27-23)15-21(31)30(18-9-4-5-10-18)22(19-11-6-14-33-19)24(32)25-17-7-2-3-8-17/h6,11-14,17-18,22H,2-5,7-10,15H2,1H3,(H,25,32)/t22-/m1/s1. The van der Waals surface area contributed by atoms with Crippen molar-refractivity contribution < 1.29 is 18.4 Å². The summed E-state index contributed by atoms with van der Waals surface area (Å²) in [6.45, 7) is 1.71. The molecule has 5 rings (SSSR count). The van der Waals surface area contributed by atoms with E-state index in [1.165, 1.54) is 4.80 Å². The van der Waals surface area contributed by atoms with Crippen molar-refractivity contribution in [1.29, 1.82) is 0 Å². The molecule has 180 valence electrons. The Morgan fingerprint density at radius 1 is 1.15 bits per heavy atom. The van der Waals surface area contributed by atoms with Crippen LogP contribution in [0.15, 0.2) is 39.4 Å². The molecule has 1 N–H and O–H groups in total. The number of carbonyl (C=O) groups excluding carboxylic acids is 2. The van der Waals surface area contributed by atoms with Crippen molar-refractivity contribution in [3.63, 3.8) is 0 Å². The maximum atomic E-state index is 13.7. The molecular weight excluding hydrogens is 436 g/mol. The first-order valence-electron chi connectivity index (χ1n) is 12.1. The van der Waals surface area contributed by atoms with E-state index in [-0.39, 0.29) is 30.4 Å². The Labute approximate surface area is 197 Å². The first-order chi connectivity index (χ1) is 16.6. The SMILES string of the molecule is Cc1ccc(-c2nnn(CC(=O)N(C3CCCC3)[C@@H](C(=O)NC3CCCC3)c3ccco3)n2)o1. The minimum atomic E-state index is -0.832. The van der Waals surface area contributed by atoms with Gasteiger partial charge in [0.1, 0.15) is 18.1 Å². The van der Waals surface area contributed by atoms with Crippen molar-refractivity contribution in [3.05, 3.63) is 42.0 Å². The van der Waals surface area contributed by atoms with Crippen molar-refractivity contribution >= 4 is 11.8 Å². The molecule has 0 unspecified atom stereocenters. The molecule has 3 heterocycles. The largest absolute Gasteiger partial charge is 0.467 e. The van der Waals surface area contributed by atoms with Gasteiger partial charge < -0.3 is 19.1 Å². The normalized spacial score (nSPS) is 17.8. The minimum Gasteiger partial charge on any atom is -0.467 e. The number of aryl methyl sites for hydroxylation is 1. The second-order valence-electron chi connectivity index (χ2n) is 9.20. The summed E-state index contributed by atoms with van der Waals surface area (Å²) < 4.78 is 11.2. The van der Waals surface area contributed by atoms with Crippen LogP contribution in [0.1, 0.15) is 68.9 Å². The molecule has 2 fully saturated rings. The zero-order chi connectivity index (χ0) is 23.5. The molecule has 0 aromatic carbocycles. The zero-order valence-electron chi connectivity index (χ0n) is 19.4. The number of tetrazole rings is 1. The van der Waals surface area contributed by atoms with Crippen molar-refractivity contribution in [2.75, 3.05) is 0 Å². The number of amides is 2. The fourth-order valence-corrected chi connectivity index (χ4v) is 5.10. The van der Waals surface area contributed by atoms with Crippen LogP contribution in [0.2, 0.25) is 0 Å². The lowest BCUT2D eigenvalue weighted by molar-refractivity contribution is -0.145. The zero-order valence-corrected chi connectivity index (χ0v) is 19.4. The molecule has 2 aliphatic carbocycles. The lowest BCUT2D eigenvalue weighted by Gasteiger charge is -2.35. The van der Waals surface area contributed by atoms with Gasteiger partial charge in [0.15, 0.2) is 11.8 Å². The van der Waals surface area contributed by atoms with Gasteiger partial charge >= 0.3 is 0 Å². The van der Waals surface area contributed by atoms with Gasteiger partial charge in [-0.3, -0.25) is 9.59 Å². The van der Waals surface area contributed by atoms with Gasteiger partial charge in [0.2, 0.25) is 11.7 Å². The third-order valence-electron chi connectivity index (χ3n) is 6.74. The van der Waals surface area contributed by atoms with Gasteiger partial charge in [0, 0.05) is 12.1 Å². The van der Waals surface area contributed by atoms with Crippen LogP contribution in [0.4, 0.5) is 0 Å². The predicted octanol–water partition coefficient (Wildman–Crippen LogP) is 3.41. The Balaban J connectivity index is 1.40. The molecule has 3 aromatic rings. The summed E-state index contributed by atoms with van der Waals surface area (Å²) in [4.78, 5) is 30.1. The van der Waals surface area contributed by atoms with Crippen molar-refractivity contribution in [3.8, 4) is 11.6 Å². The molecule has 1 atom stereocenters. The van der Waals surface area contributed by atoms with E-state index in [0.29, 0.717) is 17.3 Å². The molecule has 0 aliphatic heterocycles. The van der Waals surface area contributed by atoms with Crippen LogP contribution >= 0.6 is 0 Å². The van der Waals surface area contributed by atoms with Gasteiger partial charge in [-0.25, -0.2) is 0 Å². The van der Waals surface area contributed by atoms with Gasteiger partial charge in [0.25, 0.3) is 5.91 Å². The highest BCUT2D eigenvalue weighted by Gasteiger charge is 2.40. The fourth-order valence-electron chi connectivity index (χ4n) is 5.10. The quantitative estimate of drug-likeness (QED) is 0.540. The summed E-state index contributed by atoms with van der Waals surface area (Å²) in [5.74, 6) is 1.58. The topological polar surface area (TPSA) is 119 Å². The molecule has 10 nitrogen and oxygen atoms in total. The van der Waals surface area contributed by atoms with E-state index in [1.54, 1.807) is 29.4 Å². The van der Waals surface area contributed by atoms with E-state index in [0.717, 1.165) is 57.1 Å². The predicted molar refractivity (Wildman–Crippen MR) is 121 cm³/mol. The highest BCUT2D eigenvalue weighted by atomic mass is 16.3. The fraction of sp³-hybridized carbons (Fsp3) is 0.542. The van der Waals surface area contributed by atoms with Gasteiger partial charge in [-0.15, -0.1) is 10.2 Å². The average Bonchev–Trinajstić information content (AvgIpc) is 3.63. The third kappa shape index (κ3) is 4.76. The number of aromatic nitrogens is 4. The maximum Gasteiger partial charge on any atom is 0.250 e. The van der Waals surface area contributed by atoms with Crippen molar-refractivity contribution in [2.45, 2.75) is 83.0 Å². The third-order valence-corrected chi connectivity index (χ3v) is 6.74. The lowest BCUT2D eigenvalue weighted by atomic mass is 10.1. The Kier molecular flexibility index (Phi) is 6.46. The van der Waals surface area contributed by atoms with Crippen LogP contribution in [-0.2, 0) is 16.1 Å². The van der Waals surface area contributed by atoms with Crippen LogP contribution in [-0.4, -0.2) is 49.0 Å². The number of carbonyl (C=O) groups is 2. The van der Waals surface area contributed by atoms with Crippen molar-refractivity contribution in [1.82, 2.24) is 30.4 Å². The molecule has 34 heavy (non-hydrogen) atoms. The molecule has 0 spiro atoms. The summed E-state index contributed by atoms with van der Waals surface area (Å²) in [6, 6.07) is 6.36. The summed E-state index contributed by atoms with van der Waals surface area (Å²) in [6.07, 6.45) is 9.42. The highest BCUT2D eigenvalue weighted by Crippen LogP contribution is 2.33. The number of hydrogen-bond acceptors (Lipinski definition) is 7. The van der Waals surface area contributed by atoms with E-state index in [1.807, 2.05) is 13.0 Å². The second kappa shape index (κ2) is 9.82. The van der Waals surface area contributed by atoms with Gasteiger partial charge in [0.05, 0.1) is 6.26 Å². The first kappa shape index (κ1) is 22.4. The summed E-state index contributed by atoms with van der Waals surface area (Å²) >= 11 is 0. The molecule has 3 aromatic heterocycles. The average molecular weight is 467 g/mol. The van der Waals surface area contributed by atoms with Crippen LogP contribution in [0, 0.1) is 6.92 Å². The smallest absolute Gasteiger partial charge is 0.250 e. The molecule has 0 bridgehead atoms. The Morgan fingerprint density at radius 3 is 2.59 bits per heavy atom. The number of furan rings is 2. The molecule has 0 saturated heterocycles. The van der Waals surface area contributed by atoms with Crippen LogP contribution < -0.4 is 5.32 Å². The number of hydrogen-bond donors (Lipinski definition) is 1. The van der Waals surface area contributed by atoms with Crippen LogP contribution in [0.5, 0.6) is 0 Å². The van der Waals surface area contributed by atoms with Gasteiger partial charge in [-0.05, 0) is 62.1 Å². The van der Waals surface area contributed by atoms with Gasteiger partial charge in [-0.2, -0.15) is 4.80 Å². The molecule has 2 saturated carbocycles. The molecule has 2 aliphatic rings. The maximum absolute atomic E-state index is 13.7. The summed E-state index contributed by atoms with van der Waals surface area (Å²) in [5, 5.41) is 15.6. The molecule has 2 amide bonds. The lowest BCUT2D eigenvalue weighted by Crippen LogP contribution is -2.50. The minimum absolute atomic E-state index is 0.0485. The number of rotatable bonds is 8. The Bertz CT molecular complexity index is 1110. The van der Waals surface area contributed by atoms with E-state index in [9.17, 15) is 9.59 Å². The van der Waals surface area contributed by atoms with Gasteiger partial charge in [-0.1, -0.05) is 25.7 Å². The van der Waals surface area contributed by atoms with E-state index in [2.05, 4.69) is 20.7 Å². The monoisotopic (exact) mass is 466 g/mol. The Hall–Kier alpha value is -3.43. The second-order valence-corrected chi connectivity index (χ2v) is 9.20. The van der Waals surface area contributed by atoms with E-state index < -0.39 is 6.04 Å². The van der Waals surface area contributed by atoms with E-state index in [4.69, 9.17) is 8.83 Å². The number of nitrogens with one attached hydrogen (secondary N) is 1. The van der Waals surface area contributed by atoms with Crippen molar-refractivity contribution in [2.24, 2.45) is 0 Å². The number of nitrogens with zero attached hydrogens (tertiary/aromatic N) is 5. The molecule has 0 radical (unpaired) electrons. The first-order valence-corrected chi connectivity index (χ1v) is 12.1.